The van der Waals surface area contributed by atoms with Crippen molar-refractivity contribution in [2.75, 3.05) is 13.6 Å². The van der Waals surface area contributed by atoms with Gasteiger partial charge in [0.1, 0.15) is 5.76 Å². The third kappa shape index (κ3) is 3.33. The van der Waals surface area contributed by atoms with E-state index in [1.165, 1.54) is 13.1 Å². The molecule has 0 saturated heterocycles. The van der Waals surface area contributed by atoms with Crippen LogP contribution in [0.15, 0.2) is 21.6 Å². The summed E-state index contributed by atoms with van der Waals surface area (Å²) in [5, 5.41) is 3.08. The van der Waals surface area contributed by atoms with Gasteiger partial charge in [-0.25, -0.2) is 13.1 Å². The summed E-state index contributed by atoms with van der Waals surface area (Å²) in [6.45, 7) is 3.49. The predicted octanol–water partition coefficient (Wildman–Crippen LogP) is 0.687. The minimum absolute atomic E-state index is 0.0432. The Balaban J connectivity index is 2.65. The average Bonchev–Trinajstić information content (AvgIpc) is 2.68. The van der Waals surface area contributed by atoms with Crippen LogP contribution in [0.5, 0.6) is 0 Å². The van der Waals surface area contributed by atoms with Crippen LogP contribution in [0.4, 0.5) is 0 Å². The molecule has 0 unspecified atom stereocenters. The van der Waals surface area contributed by atoms with Gasteiger partial charge in [-0.2, -0.15) is 0 Å². The van der Waals surface area contributed by atoms with Gasteiger partial charge >= 0.3 is 0 Å². The van der Waals surface area contributed by atoms with Crippen molar-refractivity contribution in [3.8, 4) is 0 Å². The lowest BCUT2D eigenvalue weighted by atomic mass is 10.4. The lowest BCUT2D eigenvalue weighted by Gasteiger charge is -1.99. The summed E-state index contributed by atoms with van der Waals surface area (Å²) in [5.41, 5.74) is 0. The van der Waals surface area contributed by atoms with E-state index in [1.807, 2.05) is 0 Å². The molecule has 86 valence electrons. The molecule has 6 heteroatoms. The van der Waals surface area contributed by atoms with Crippen LogP contribution in [-0.4, -0.2) is 22.0 Å². The molecule has 0 amide bonds. The molecule has 0 saturated carbocycles. The lowest BCUT2D eigenvalue weighted by molar-refractivity contribution is 0.401. The zero-order valence-electron chi connectivity index (χ0n) is 8.91. The molecular formula is C9H16N2O3S. The van der Waals surface area contributed by atoms with Crippen molar-refractivity contribution in [2.45, 2.75) is 25.0 Å². The summed E-state index contributed by atoms with van der Waals surface area (Å²) in [7, 11) is -2.10. The van der Waals surface area contributed by atoms with Gasteiger partial charge in [-0.15, -0.1) is 0 Å². The molecule has 0 spiro atoms. The molecule has 15 heavy (non-hydrogen) atoms. The van der Waals surface area contributed by atoms with Gasteiger partial charge in [0.05, 0.1) is 6.54 Å². The highest BCUT2D eigenvalue weighted by Gasteiger charge is 2.15. The maximum Gasteiger partial charge on any atom is 0.273 e. The second-order valence-electron chi connectivity index (χ2n) is 3.11. The van der Waals surface area contributed by atoms with Gasteiger partial charge < -0.3 is 9.73 Å². The standard InChI is InChI=1S/C9H16N2O3S/c1-3-6-11-7-8-4-5-9(14-8)15(12,13)10-2/h4-5,10-11H,3,6-7H2,1-2H3. The highest BCUT2D eigenvalue weighted by atomic mass is 32.2. The van der Waals surface area contributed by atoms with Crippen LogP contribution < -0.4 is 10.0 Å². The van der Waals surface area contributed by atoms with Crippen LogP contribution in [0, 0.1) is 0 Å². The first-order chi connectivity index (χ1) is 7.10. The average molecular weight is 232 g/mol. The molecule has 0 aromatic carbocycles. The van der Waals surface area contributed by atoms with E-state index < -0.39 is 10.0 Å². The SMILES string of the molecule is CCCNCc1ccc(S(=O)(=O)NC)o1. The first-order valence-corrected chi connectivity index (χ1v) is 6.31. The van der Waals surface area contributed by atoms with Crippen LogP contribution in [0.3, 0.4) is 0 Å². The monoisotopic (exact) mass is 232 g/mol. The number of furan rings is 1. The second-order valence-corrected chi connectivity index (χ2v) is 4.92. The number of rotatable bonds is 6. The number of hydrogen-bond donors (Lipinski definition) is 2. The summed E-state index contributed by atoms with van der Waals surface area (Å²) in [5.74, 6) is 0.622. The zero-order chi connectivity index (χ0) is 11.3. The summed E-state index contributed by atoms with van der Waals surface area (Å²) in [6.07, 6.45) is 1.03. The van der Waals surface area contributed by atoms with E-state index in [1.54, 1.807) is 6.07 Å². The Kier molecular flexibility index (Phi) is 4.31. The molecule has 1 rings (SSSR count). The van der Waals surface area contributed by atoms with Gasteiger partial charge in [0.25, 0.3) is 10.0 Å². The maximum absolute atomic E-state index is 11.3. The van der Waals surface area contributed by atoms with Crippen molar-refractivity contribution in [1.29, 1.82) is 0 Å². The summed E-state index contributed by atoms with van der Waals surface area (Å²) >= 11 is 0. The van der Waals surface area contributed by atoms with Crippen molar-refractivity contribution in [3.05, 3.63) is 17.9 Å². The fourth-order valence-electron chi connectivity index (χ4n) is 1.09. The van der Waals surface area contributed by atoms with Crippen LogP contribution in [-0.2, 0) is 16.6 Å². The second kappa shape index (κ2) is 5.29. The van der Waals surface area contributed by atoms with Gasteiger partial charge in [0.15, 0.2) is 0 Å². The first-order valence-electron chi connectivity index (χ1n) is 4.83. The van der Waals surface area contributed by atoms with Crippen LogP contribution in [0.1, 0.15) is 19.1 Å². The molecule has 0 aliphatic heterocycles. The summed E-state index contributed by atoms with van der Waals surface area (Å²) in [6, 6.07) is 3.11. The van der Waals surface area contributed by atoms with E-state index in [0.717, 1.165) is 13.0 Å². The molecule has 2 N–H and O–H groups in total. The Morgan fingerprint density at radius 2 is 2.13 bits per heavy atom. The molecule has 0 radical (unpaired) electrons. The van der Waals surface area contributed by atoms with E-state index in [-0.39, 0.29) is 5.09 Å². The highest BCUT2D eigenvalue weighted by Crippen LogP contribution is 2.12. The van der Waals surface area contributed by atoms with E-state index in [9.17, 15) is 8.42 Å². The van der Waals surface area contributed by atoms with Crippen LogP contribution in [0.25, 0.3) is 0 Å². The molecule has 0 bridgehead atoms. The number of nitrogens with one attached hydrogen (secondary N) is 2. The van der Waals surface area contributed by atoms with Gasteiger partial charge in [0, 0.05) is 0 Å². The minimum Gasteiger partial charge on any atom is -0.447 e. The van der Waals surface area contributed by atoms with Crippen molar-refractivity contribution in [1.82, 2.24) is 10.0 Å². The van der Waals surface area contributed by atoms with Gasteiger partial charge in [-0.3, -0.25) is 0 Å². The molecule has 0 atom stereocenters. The Morgan fingerprint density at radius 3 is 2.73 bits per heavy atom. The molecule has 1 heterocycles. The third-order valence-electron chi connectivity index (χ3n) is 1.90. The van der Waals surface area contributed by atoms with Crippen molar-refractivity contribution >= 4 is 10.0 Å². The van der Waals surface area contributed by atoms with Gasteiger partial charge in [-0.1, -0.05) is 6.92 Å². The topological polar surface area (TPSA) is 71.3 Å². The molecule has 5 nitrogen and oxygen atoms in total. The Morgan fingerprint density at radius 1 is 1.40 bits per heavy atom. The lowest BCUT2D eigenvalue weighted by Crippen LogP contribution is -2.18. The van der Waals surface area contributed by atoms with Crippen molar-refractivity contribution < 1.29 is 12.8 Å². The fraction of sp³-hybridized carbons (Fsp3) is 0.556. The van der Waals surface area contributed by atoms with Crippen LogP contribution >= 0.6 is 0 Å². The Hall–Kier alpha value is -0.850. The van der Waals surface area contributed by atoms with E-state index in [0.29, 0.717) is 12.3 Å². The van der Waals surface area contributed by atoms with E-state index in [4.69, 9.17) is 4.42 Å². The number of sulfonamides is 1. The normalized spacial score (nSPS) is 11.9. The van der Waals surface area contributed by atoms with E-state index in [2.05, 4.69) is 17.0 Å². The molecule has 0 fully saturated rings. The maximum atomic E-state index is 11.3. The fourth-order valence-corrected chi connectivity index (χ4v) is 1.75. The largest absolute Gasteiger partial charge is 0.447 e. The smallest absolute Gasteiger partial charge is 0.273 e. The molecule has 0 aliphatic rings. The summed E-state index contributed by atoms with van der Waals surface area (Å²) in [4.78, 5) is 0. The van der Waals surface area contributed by atoms with E-state index >= 15 is 0 Å². The highest BCUT2D eigenvalue weighted by molar-refractivity contribution is 7.89. The quantitative estimate of drug-likeness (QED) is 0.708. The Labute approximate surface area is 89.9 Å². The molecular weight excluding hydrogens is 216 g/mol. The van der Waals surface area contributed by atoms with Crippen molar-refractivity contribution in [2.24, 2.45) is 0 Å². The molecule has 1 aromatic rings. The number of hydrogen-bond acceptors (Lipinski definition) is 4. The zero-order valence-corrected chi connectivity index (χ0v) is 9.73. The van der Waals surface area contributed by atoms with Gasteiger partial charge in [0.2, 0.25) is 5.09 Å². The predicted molar refractivity (Wildman–Crippen MR) is 57.0 cm³/mol. The first kappa shape index (κ1) is 12.2. The van der Waals surface area contributed by atoms with Gasteiger partial charge in [-0.05, 0) is 32.1 Å². The summed E-state index contributed by atoms with van der Waals surface area (Å²) < 4.78 is 30.0. The van der Waals surface area contributed by atoms with Crippen molar-refractivity contribution in [3.63, 3.8) is 0 Å². The minimum atomic E-state index is -3.45. The Bertz CT molecular complexity index is 397. The van der Waals surface area contributed by atoms with Crippen LogP contribution in [0.2, 0.25) is 0 Å². The molecule has 0 aliphatic carbocycles. The third-order valence-corrected chi connectivity index (χ3v) is 3.18. The molecule has 1 aromatic heterocycles.